The first-order valence-corrected chi connectivity index (χ1v) is 9.16. The Bertz CT molecular complexity index is 667. The van der Waals surface area contributed by atoms with Crippen LogP contribution in [-0.4, -0.2) is 19.4 Å². The van der Waals surface area contributed by atoms with E-state index in [1.54, 1.807) is 11.3 Å². The number of ether oxygens (including phenoxy) is 2. The monoisotopic (exact) mass is 353 g/mol. The largest absolute Gasteiger partial charge is 0.348 e. The highest BCUT2D eigenvalue weighted by Crippen LogP contribution is 2.32. The molecule has 0 aliphatic carbocycles. The summed E-state index contributed by atoms with van der Waals surface area (Å²) in [6, 6.07) is 8.10. The quantitative estimate of drug-likeness (QED) is 0.365. The summed E-state index contributed by atoms with van der Waals surface area (Å²) in [6.07, 6.45) is 1.48. The zero-order valence-electron chi connectivity index (χ0n) is 12.9. The lowest BCUT2D eigenvalue weighted by molar-refractivity contribution is -0.138. The van der Waals surface area contributed by atoms with Crippen LogP contribution >= 0.6 is 34.9 Å². The average molecular weight is 354 g/mol. The van der Waals surface area contributed by atoms with E-state index in [2.05, 4.69) is 11.9 Å². The lowest BCUT2D eigenvalue weighted by atomic mass is 10.2. The summed E-state index contributed by atoms with van der Waals surface area (Å²) in [4.78, 5) is 6.53. The molecule has 0 spiro atoms. The van der Waals surface area contributed by atoms with E-state index >= 15 is 0 Å². The van der Waals surface area contributed by atoms with Crippen molar-refractivity contribution in [2.24, 2.45) is 4.99 Å². The van der Waals surface area contributed by atoms with Crippen LogP contribution in [0.2, 0.25) is 0 Å². The molecular formula is C16H19NO2S3. The second-order valence-corrected chi connectivity index (χ2v) is 7.81. The first-order chi connectivity index (χ1) is 10.6. The minimum absolute atomic E-state index is 0.368. The van der Waals surface area contributed by atoms with Crippen molar-refractivity contribution in [3.8, 4) is 0 Å². The minimum atomic E-state index is -0.368. The molecule has 6 heteroatoms. The number of rotatable bonds is 7. The van der Waals surface area contributed by atoms with Gasteiger partial charge < -0.3 is 9.47 Å². The maximum absolute atomic E-state index is 5.68. The van der Waals surface area contributed by atoms with E-state index in [0.29, 0.717) is 13.2 Å². The van der Waals surface area contributed by atoms with E-state index < -0.39 is 0 Å². The predicted molar refractivity (Wildman–Crippen MR) is 97.5 cm³/mol. The van der Waals surface area contributed by atoms with Crippen LogP contribution < -0.4 is 0 Å². The van der Waals surface area contributed by atoms with Gasteiger partial charge >= 0.3 is 0 Å². The maximum atomic E-state index is 5.68. The molecule has 1 aromatic carbocycles. The number of aryl methyl sites for hydroxylation is 1. The van der Waals surface area contributed by atoms with Crippen molar-refractivity contribution in [2.75, 3.05) is 13.2 Å². The van der Waals surface area contributed by atoms with Gasteiger partial charge in [0.25, 0.3) is 0 Å². The lowest BCUT2D eigenvalue weighted by Gasteiger charge is -2.15. The first-order valence-electron chi connectivity index (χ1n) is 7.11. The summed E-state index contributed by atoms with van der Waals surface area (Å²) in [6.45, 7) is 7.16. The van der Waals surface area contributed by atoms with Crippen LogP contribution in [0, 0.1) is 10.1 Å². The molecule has 1 aromatic heterocycles. The molecule has 0 saturated carbocycles. The van der Waals surface area contributed by atoms with Gasteiger partial charge in [-0.1, -0.05) is 29.9 Å². The van der Waals surface area contributed by atoms with Crippen LogP contribution in [0.15, 0.2) is 29.3 Å². The summed E-state index contributed by atoms with van der Waals surface area (Å²) in [5, 5.41) is 0. The summed E-state index contributed by atoms with van der Waals surface area (Å²) in [7, 11) is 0. The van der Waals surface area contributed by atoms with Gasteiger partial charge in [0.2, 0.25) is 0 Å². The van der Waals surface area contributed by atoms with E-state index in [4.69, 9.17) is 21.7 Å². The SMILES string of the molecule is CCOC(OCC)c1sc(=S)sc1C=Nc1ccc(C)cc1. The highest BCUT2D eigenvalue weighted by molar-refractivity contribution is 7.76. The second-order valence-electron chi connectivity index (χ2n) is 4.52. The summed E-state index contributed by atoms with van der Waals surface area (Å²) < 4.78 is 12.2. The predicted octanol–water partition coefficient (Wildman–Crippen LogP) is 5.67. The fraction of sp³-hybridized carbons (Fsp3) is 0.375. The Morgan fingerprint density at radius 2 is 1.77 bits per heavy atom. The molecule has 0 saturated heterocycles. The Morgan fingerprint density at radius 1 is 1.14 bits per heavy atom. The fourth-order valence-corrected chi connectivity index (χ4v) is 4.36. The number of benzene rings is 1. The van der Waals surface area contributed by atoms with Crippen molar-refractivity contribution >= 4 is 46.8 Å². The zero-order chi connectivity index (χ0) is 15.9. The van der Waals surface area contributed by atoms with Crippen molar-refractivity contribution < 1.29 is 9.47 Å². The van der Waals surface area contributed by atoms with Crippen LogP contribution in [0.1, 0.15) is 35.5 Å². The minimum Gasteiger partial charge on any atom is -0.348 e. The van der Waals surface area contributed by atoms with Crippen LogP contribution in [0.4, 0.5) is 5.69 Å². The van der Waals surface area contributed by atoms with Crippen LogP contribution in [0.25, 0.3) is 0 Å². The van der Waals surface area contributed by atoms with Gasteiger partial charge in [-0.3, -0.25) is 4.99 Å². The molecule has 0 atom stereocenters. The fourth-order valence-electron chi connectivity index (χ4n) is 1.82. The molecule has 0 bridgehead atoms. The average Bonchev–Trinajstić information content (AvgIpc) is 2.87. The molecule has 0 amide bonds. The van der Waals surface area contributed by atoms with Crippen molar-refractivity contribution in [1.29, 1.82) is 0 Å². The van der Waals surface area contributed by atoms with Gasteiger partial charge in [0.15, 0.2) is 6.29 Å². The summed E-state index contributed by atoms with van der Waals surface area (Å²) in [5.41, 5.74) is 2.14. The zero-order valence-corrected chi connectivity index (χ0v) is 15.3. The van der Waals surface area contributed by atoms with Crippen LogP contribution in [-0.2, 0) is 9.47 Å². The van der Waals surface area contributed by atoms with Crippen LogP contribution in [0.5, 0.6) is 0 Å². The molecule has 0 fully saturated rings. The lowest BCUT2D eigenvalue weighted by Crippen LogP contribution is -2.08. The Balaban J connectivity index is 2.27. The molecule has 118 valence electrons. The van der Waals surface area contributed by atoms with Crippen molar-refractivity contribution in [3.05, 3.63) is 42.7 Å². The summed E-state index contributed by atoms with van der Waals surface area (Å²) >= 11 is 8.39. The first kappa shape index (κ1) is 17.4. The van der Waals surface area contributed by atoms with Gasteiger partial charge in [-0.25, -0.2) is 0 Å². The molecular weight excluding hydrogens is 334 g/mol. The Kier molecular flexibility index (Phi) is 6.85. The molecule has 0 N–H and O–H groups in total. The van der Waals surface area contributed by atoms with Gasteiger partial charge in [0, 0.05) is 19.4 Å². The van der Waals surface area contributed by atoms with E-state index in [9.17, 15) is 0 Å². The Hall–Kier alpha value is -0.920. The summed E-state index contributed by atoms with van der Waals surface area (Å²) in [5.74, 6) is 0. The molecule has 0 radical (unpaired) electrons. The molecule has 0 unspecified atom stereocenters. The van der Waals surface area contributed by atoms with E-state index in [1.165, 1.54) is 16.9 Å². The van der Waals surface area contributed by atoms with Crippen LogP contribution in [0.3, 0.4) is 0 Å². The van der Waals surface area contributed by atoms with E-state index in [-0.39, 0.29) is 6.29 Å². The molecule has 2 rings (SSSR count). The molecule has 3 nitrogen and oxygen atoms in total. The van der Waals surface area contributed by atoms with Crippen molar-refractivity contribution in [2.45, 2.75) is 27.1 Å². The second kappa shape index (κ2) is 8.64. The van der Waals surface area contributed by atoms with Gasteiger partial charge in [-0.15, -0.1) is 22.7 Å². The maximum Gasteiger partial charge on any atom is 0.194 e. The van der Waals surface area contributed by atoms with Gasteiger partial charge in [0.05, 0.1) is 15.4 Å². The van der Waals surface area contributed by atoms with Gasteiger partial charge in [-0.05, 0) is 32.9 Å². The molecule has 1 heterocycles. The van der Waals surface area contributed by atoms with Crippen molar-refractivity contribution in [1.82, 2.24) is 0 Å². The normalized spacial score (nSPS) is 11.6. The topological polar surface area (TPSA) is 30.8 Å². The smallest absolute Gasteiger partial charge is 0.194 e. The molecule has 0 aliphatic rings. The third-order valence-electron chi connectivity index (χ3n) is 2.84. The highest BCUT2D eigenvalue weighted by atomic mass is 32.2. The Morgan fingerprint density at radius 3 is 2.36 bits per heavy atom. The van der Waals surface area contributed by atoms with Gasteiger partial charge in [0.1, 0.15) is 3.14 Å². The molecule has 2 aromatic rings. The number of nitrogens with zero attached hydrogens (tertiary/aromatic N) is 1. The number of hydrogen-bond acceptors (Lipinski definition) is 6. The standard InChI is InChI=1S/C16H19NO2S3/c1-4-18-15(19-5-2)14-13(21-16(20)22-14)10-17-12-8-6-11(3)7-9-12/h6-10,15H,4-5H2,1-3H3. The van der Waals surface area contributed by atoms with Crippen molar-refractivity contribution in [3.63, 3.8) is 0 Å². The third kappa shape index (κ3) is 4.79. The van der Waals surface area contributed by atoms with E-state index in [1.807, 2.05) is 44.3 Å². The number of aliphatic imine (C=N–C) groups is 1. The molecule has 22 heavy (non-hydrogen) atoms. The Labute approximate surface area is 144 Å². The third-order valence-corrected chi connectivity index (χ3v) is 5.48. The number of hydrogen-bond donors (Lipinski definition) is 0. The van der Waals surface area contributed by atoms with E-state index in [0.717, 1.165) is 18.6 Å². The highest BCUT2D eigenvalue weighted by Gasteiger charge is 2.18. The molecule has 0 aliphatic heterocycles. The van der Waals surface area contributed by atoms with Gasteiger partial charge in [-0.2, -0.15) is 0 Å².